The molecule has 0 saturated carbocycles. The van der Waals surface area contributed by atoms with Gasteiger partial charge >= 0.3 is 5.97 Å². The highest BCUT2D eigenvalue weighted by atomic mass is 16.4. The van der Waals surface area contributed by atoms with Crippen molar-refractivity contribution < 1.29 is 9.90 Å². The third-order valence-electron chi connectivity index (χ3n) is 6.31. The number of carboxylic acids is 1. The Hall–Kier alpha value is -1.95. The summed E-state index contributed by atoms with van der Waals surface area (Å²) < 4.78 is 0. The van der Waals surface area contributed by atoms with E-state index >= 15 is 0 Å². The van der Waals surface area contributed by atoms with Crippen LogP contribution in [0.5, 0.6) is 0 Å². The maximum absolute atomic E-state index is 12.1. The molecule has 1 aromatic carbocycles. The molecule has 2 atom stereocenters. The lowest BCUT2D eigenvalue weighted by Crippen LogP contribution is -2.34. The molecule has 0 fully saturated rings. The van der Waals surface area contributed by atoms with Crippen LogP contribution in [0.3, 0.4) is 0 Å². The third-order valence-corrected chi connectivity index (χ3v) is 6.31. The van der Waals surface area contributed by atoms with E-state index in [9.17, 15) is 9.90 Å². The summed E-state index contributed by atoms with van der Waals surface area (Å²) in [6.07, 6.45) is 9.75. The molecule has 0 aliphatic heterocycles. The highest BCUT2D eigenvalue weighted by Gasteiger charge is 2.22. The Morgan fingerprint density at radius 2 is 1.63 bits per heavy atom. The van der Waals surface area contributed by atoms with Crippen LogP contribution in [0.15, 0.2) is 12.1 Å². The van der Waals surface area contributed by atoms with Crippen molar-refractivity contribution >= 4 is 17.0 Å². The van der Waals surface area contributed by atoms with Crippen molar-refractivity contribution in [2.24, 2.45) is 11.8 Å². The highest BCUT2D eigenvalue weighted by molar-refractivity contribution is 6.02. The van der Waals surface area contributed by atoms with Gasteiger partial charge in [-0.2, -0.15) is 0 Å². The molecule has 30 heavy (non-hydrogen) atoms. The average molecular weight is 417 g/mol. The van der Waals surface area contributed by atoms with Crippen LogP contribution in [0.25, 0.3) is 11.0 Å². The molecule has 0 saturated heterocycles. The van der Waals surface area contributed by atoms with Crippen LogP contribution in [0.2, 0.25) is 0 Å². The summed E-state index contributed by atoms with van der Waals surface area (Å²) in [5, 5.41) is 20.5. The quantitative estimate of drug-likeness (QED) is 0.378. The number of nitrogens with one attached hydrogen (secondary N) is 1. The maximum Gasteiger partial charge on any atom is 0.338 e. The number of rotatable bonds is 15. The van der Waals surface area contributed by atoms with Crippen molar-refractivity contribution in [2.45, 2.75) is 85.6 Å². The fourth-order valence-corrected chi connectivity index (χ4v) is 4.34. The number of benzene rings is 1. The maximum atomic E-state index is 12.1. The highest BCUT2D eigenvalue weighted by Crippen LogP contribution is 2.24. The van der Waals surface area contributed by atoms with Gasteiger partial charge in [-0.15, -0.1) is 5.10 Å². The molecule has 0 bridgehead atoms. The van der Waals surface area contributed by atoms with Gasteiger partial charge in [0.15, 0.2) is 0 Å². The van der Waals surface area contributed by atoms with E-state index < -0.39 is 5.97 Å². The summed E-state index contributed by atoms with van der Waals surface area (Å²) in [5.74, 6) is 0.371. The number of nitrogens with zero attached hydrogens (tertiary/aromatic N) is 3. The Morgan fingerprint density at radius 3 is 2.13 bits per heavy atom. The predicted octanol–water partition coefficient (Wildman–Crippen LogP) is 5.89. The number of carboxylic acid groups (broad SMARTS) is 1. The molecule has 1 heterocycles. The van der Waals surface area contributed by atoms with Gasteiger partial charge in [0.25, 0.3) is 0 Å². The molecule has 0 radical (unpaired) electrons. The van der Waals surface area contributed by atoms with Crippen molar-refractivity contribution in [3.63, 3.8) is 0 Å². The van der Waals surface area contributed by atoms with Crippen LogP contribution in [0, 0.1) is 11.8 Å². The van der Waals surface area contributed by atoms with E-state index in [0.29, 0.717) is 29.4 Å². The monoisotopic (exact) mass is 416 g/mol. The van der Waals surface area contributed by atoms with E-state index in [1.807, 2.05) is 12.1 Å². The van der Waals surface area contributed by atoms with E-state index in [0.717, 1.165) is 31.5 Å². The summed E-state index contributed by atoms with van der Waals surface area (Å²) in [7, 11) is 0. The molecule has 0 aliphatic carbocycles. The van der Waals surface area contributed by atoms with Crippen molar-refractivity contribution in [1.29, 1.82) is 0 Å². The topological polar surface area (TPSA) is 82.1 Å². The fourth-order valence-electron chi connectivity index (χ4n) is 4.34. The first-order valence-corrected chi connectivity index (χ1v) is 11.8. The van der Waals surface area contributed by atoms with Crippen molar-refractivity contribution in [2.75, 3.05) is 13.1 Å². The van der Waals surface area contributed by atoms with Crippen LogP contribution in [-0.4, -0.2) is 44.5 Å². The first kappa shape index (κ1) is 24.3. The molecule has 6 heteroatoms. The van der Waals surface area contributed by atoms with E-state index in [-0.39, 0.29) is 5.56 Å². The SMILES string of the molecule is CCCCC(CC)CN(Cc1ccc2[nH]nnc2c1C(=O)O)CC(CC)CCCC. The molecule has 2 N–H and O–H groups in total. The van der Waals surface area contributed by atoms with E-state index in [2.05, 4.69) is 48.0 Å². The molecule has 0 amide bonds. The Morgan fingerprint density at radius 1 is 1.03 bits per heavy atom. The fraction of sp³-hybridized carbons (Fsp3) is 0.708. The van der Waals surface area contributed by atoms with Crippen LogP contribution < -0.4 is 0 Å². The molecule has 2 unspecified atom stereocenters. The van der Waals surface area contributed by atoms with Gasteiger partial charge in [-0.25, -0.2) is 4.79 Å². The summed E-state index contributed by atoms with van der Waals surface area (Å²) in [6.45, 7) is 11.7. The third kappa shape index (κ3) is 6.79. The van der Waals surface area contributed by atoms with Gasteiger partial charge in [0.05, 0.1) is 11.1 Å². The number of aromatic nitrogens is 3. The molecule has 2 aromatic rings. The van der Waals surface area contributed by atoms with Crippen LogP contribution in [-0.2, 0) is 6.54 Å². The lowest BCUT2D eigenvalue weighted by molar-refractivity contribution is 0.0695. The Kier molecular flexibility index (Phi) is 10.3. The minimum absolute atomic E-state index is 0.287. The summed E-state index contributed by atoms with van der Waals surface area (Å²) in [4.78, 5) is 14.6. The first-order valence-electron chi connectivity index (χ1n) is 11.8. The average Bonchev–Trinajstić information content (AvgIpc) is 3.21. The number of H-pyrrole nitrogens is 1. The minimum Gasteiger partial charge on any atom is -0.478 e. The summed E-state index contributed by atoms with van der Waals surface area (Å²) in [5.41, 5.74) is 2.25. The number of unbranched alkanes of at least 4 members (excludes halogenated alkanes) is 2. The minimum atomic E-state index is -0.930. The first-order chi connectivity index (χ1) is 14.5. The molecule has 2 rings (SSSR count). The number of aromatic amines is 1. The van der Waals surface area contributed by atoms with Crippen LogP contribution >= 0.6 is 0 Å². The lowest BCUT2D eigenvalue weighted by atomic mass is 9.95. The van der Waals surface area contributed by atoms with Gasteiger partial charge in [-0.3, -0.25) is 10.00 Å². The molecule has 6 nitrogen and oxygen atoms in total. The van der Waals surface area contributed by atoms with Gasteiger partial charge in [0.2, 0.25) is 0 Å². The van der Waals surface area contributed by atoms with Crippen molar-refractivity contribution in [3.8, 4) is 0 Å². The number of hydrogen-bond donors (Lipinski definition) is 2. The zero-order valence-electron chi connectivity index (χ0n) is 19.3. The number of hydrogen-bond acceptors (Lipinski definition) is 4. The second-order valence-corrected chi connectivity index (χ2v) is 8.64. The number of carbonyl (C=O) groups is 1. The lowest BCUT2D eigenvalue weighted by Gasteiger charge is -2.31. The number of aromatic carboxylic acids is 1. The Bertz CT molecular complexity index is 756. The molecule has 1 aromatic heterocycles. The molecule has 168 valence electrons. The Labute approximate surface area is 181 Å². The Balaban J connectivity index is 2.27. The van der Waals surface area contributed by atoms with Gasteiger partial charge in [0, 0.05) is 19.6 Å². The molecular formula is C24H40N4O2. The van der Waals surface area contributed by atoms with Crippen molar-refractivity contribution in [3.05, 3.63) is 23.3 Å². The second-order valence-electron chi connectivity index (χ2n) is 8.64. The second kappa shape index (κ2) is 12.7. The van der Waals surface area contributed by atoms with E-state index in [4.69, 9.17) is 0 Å². The van der Waals surface area contributed by atoms with Crippen LogP contribution in [0.1, 0.15) is 95.0 Å². The molecule has 0 spiro atoms. The van der Waals surface area contributed by atoms with Gasteiger partial charge in [-0.05, 0) is 36.3 Å². The summed E-state index contributed by atoms with van der Waals surface area (Å²) >= 11 is 0. The van der Waals surface area contributed by atoms with Gasteiger partial charge < -0.3 is 5.11 Å². The molecule has 0 aliphatic rings. The zero-order valence-corrected chi connectivity index (χ0v) is 19.3. The zero-order chi connectivity index (χ0) is 21.9. The van der Waals surface area contributed by atoms with Crippen LogP contribution in [0.4, 0.5) is 0 Å². The van der Waals surface area contributed by atoms with Crippen molar-refractivity contribution in [1.82, 2.24) is 20.3 Å². The normalized spacial score (nSPS) is 13.8. The number of fused-ring (bicyclic) bond motifs is 1. The van der Waals surface area contributed by atoms with Gasteiger partial charge in [-0.1, -0.05) is 77.5 Å². The standard InChI is InChI=1S/C24H40N4O2/c1-5-9-11-18(7-3)15-28(16-19(8-4)12-10-6-2)17-20-13-14-21-23(26-27-25-21)22(20)24(29)30/h13-14,18-19H,5-12,15-17H2,1-4H3,(H,29,30)(H,25,26,27). The smallest absolute Gasteiger partial charge is 0.338 e. The van der Waals surface area contributed by atoms with E-state index in [1.165, 1.54) is 38.5 Å². The predicted molar refractivity (Wildman–Crippen MR) is 123 cm³/mol. The largest absolute Gasteiger partial charge is 0.478 e. The van der Waals surface area contributed by atoms with Gasteiger partial charge in [0.1, 0.15) is 5.52 Å². The summed E-state index contributed by atoms with van der Waals surface area (Å²) in [6, 6.07) is 3.83. The molecular weight excluding hydrogens is 376 g/mol. The van der Waals surface area contributed by atoms with E-state index in [1.54, 1.807) is 0 Å².